The molecule has 1 aromatic rings. The lowest BCUT2D eigenvalue weighted by Gasteiger charge is -2.14. The lowest BCUT2D eigenvalue weighted by atomic mass is 9.97. The van der Waals surface area contributed by atoms with Gasteiger partial charge in [-0.25, -0.2) is 9.38 Å². The summed E-state index contributed by atoms with van der Waals surface area (Å²) in [4.78, 5) is 4.00. The number of aryl methyl sites for hydroxylation is 1. The number of anilines is 1. The average Bonchev–Trinajstić information content (AvgIpc) is 2.44. The van der Waals surface area contributed by atoms with E-state index >= 15 is 0 Å². The first-order valence-corrected chi connectivity index (χ1v) is 6.12. The van der Waals surface area contributed by atoms with Crippen molar-refractivity contribution in [3.8, 4) is 11.8 Å². The van der Waals surface area contributed by atoms with Crippen LogP contribution in [0.3, 0.4) is 0 Å². The van der Waals surface area contributed by atoms with E-state index in [0.29, 0.717) is 23.4 Å². The molecule has 0 radical (unpaired) electrons. The molecule has 20 heavy (non-hydrogen) atoms. The van der Waals surface area contributed by atoms with E-state index in [4.69, 9.17) is 16.9 Å². The summed E-state index contributed by atoms with van der Waals surface area (Å²) in [6.45, 7) is 1.78. The number of nitrogen functional groups attached to an aromatic ring is 1. The molecular formula is C15H15FN4. The molecule has 4 nitrogen and oxygen atoms in total. The minimum atomic E-state index is -0.500. The standard InChI is InChI=1S/C15H15FN4/c1-9-2-5-13(18)14(16)12(9)4-3-10-6-11(7-17)15(19)20-8-10/h2,5,7-8,11,17H,6,18H2,1H3,(H2,19,20). The largest absolute Gasteiger partial charge is 0.396 e. The zero-order chi connectivity index (χ0) is 14.7. The number of rotatable bonds is 1. The van der Waals surface area contributed by atoms with E-state index in [-0.39, 0.29) is 11.6 Å². The highest BCUT2D eigenvalue weighted by molar-refractivity contribution is 5.96. The normalized spacial score (nSPS) is 17.6. The minimum Gasteiger partial charge on any atom is -0.396 e. The van der Waals surface area contributed by atoms with Crippen LogP contribution in [0.25, 0.3) is 0 Å². The van der Waals surface area contributed by atoms with Crippen molar-refractivity contribution in [1.82, 2.24) is 0 Å². The molecule has 0 aromatic heterocycles. The average molecular weight is 270 g/mol. The molecular weight excluding hydrogens is 255 g/mol. The molecule has 1 aliphatic heterocycles. The third-order valence-corrected chi connectivity index (χ3v) is 3.12. The molecule has 1 unspecified atom stereocenters. The Labute approximate surface area is 116 Å². The van der Waals surface area contributed by atoms with Gasteiger partial charge in [0.2, 0.25) is 0 Å². The Balaban J connectivity index is 2.33. The van der Waals surface area contributed by atoms with Crippen molar-refractivity contribution >= 4 is 17.7 Å². The maximum atomic E-state index is 13.9. The smallest absolute Gasteiger partial charge is 0.161 e. The van der Waals surface area contributed by atoms with Crippen LogP contribution in [0.4, 0.5) is 10.1 Å². The summed E-state index contributed by atoms with van der Waals surface area (Å²) >= 11 is 0. The van der Waals surface area contributed by atoms with Crippen molar-refractivity contribution < 1.29 is 4.39 Å². The number of hydrogen-bond donors (Lipinski definition) is 3. The van der Waals surface area contributed by atoms with Gasteiger partial charge < -0.3 is 16.9 Å². The Morgan fingerprint density at radius 1 is 1.40 bits per heavy atom. The predicted molar refractivity (Wildman–Crippen MR) is 79.0 cm³/mol. The molecule has 0 saturated carbocycles. The van der Waals surface area contributed by atoms with Gasteiger partial charge in [-0.1, -0.05) is 17.9 Å². The second kappa shape index (κ2) is 5.57. The summed E-state index contributed by atoms with van der Waals surface area (Å²) in [5.74, 6) is 5.33. The van der Waals surface area contributed by atoms with E-state index in [9.17, 15) is 4.39 Å². The van der Waals surface area contributed by atoms with Crippen molar-refractivity contribution in [2.75, 3.05) is 5.73 Å². The highest BCUT2D eigenvalue weighted by Crippen LogP contribution is 2.19. The monoisotopic (exact) mass is 270 g/mol. The van der Waals surface area contributed by atoms with Gasteiger partial charge in [0.05, 0.1) is 17.2 Å². The van der Waals surface area contributed by atoms with Crippen molar-refractivity contribution in [3.05, 3.63) is 40.8 Å². The van der Waals surface area contributed by atoms with Gasteiger partial charge in [-0.3, -0.25) is 0 Å². The van der Waals surface area contributed by atoms with Crippen LogP contribution in [0, 0.1) is 35.9 Å². The van der Waals surface area contributed by atoms with Crippen molar-refractivity contribution in [2.45, 2.75) is 13.3 Å². The van der Waals surface area contributed by atoms with Gasteiger partial charge in [0.1, 0.15) is 5.84 Å². The van der Waals surface area contributed by atoms with Gasteiger partial charge in [0.15, 0.2) is 5.82 Å². The number of nitrogens with one attached hydrogen (secondary N) is 1. The van der Waals surface area contributed by atoms with Crippen LogP contribution in [0.5, 0.6) is 0 Å². The number of halogens is 1. The van der Waals surface area contributed by atoms with E-state index in [2.05, 4.69) is 16.8 Å². The summed E-state index contributed by atoms with van der Waals surface area (Å²) in [5.41, 5.74) is 13.0. The first-order chi connectivity index (χ1) is 9.52. The summed E-state index contributed by atoms with van der Waals surface area (Å²) < 4.78 is 13.9. The van der Waals surface area contributed by atoms with Crippen LogP contribution in [0.1, 0.15) is 17.5 Å². The lowest BCUT2D eigenvalue weighted by Crippen LogP contribution is -2.26. The summed E-state index contributed by atoms with van der Waals surface area (Å²) in [6, 6.07) is 3.25. The van der Waals surface area contributed by atoms with Crippen LogP contribution in [0.2, 0.25) is 0 Å². The Hall–Kier alpha value is -2.61. The fourth-order valence-corrected chi connectivity index (χ4v) is 1.85. The summed E-state index contributed by atoms with van der Waals surface area (Å²) in [6.07, 6.45) is 3.30. The van der Waals surface area contributed by atoms with Gasteiger partial charge in [-0.05, 0) is 25.0 Å². The molecule has 0 aliphatic carbocycles. The van der Waals surface area contributed by atoms with Crippen LogP contribution in [0.15, 0.2) is 28.9 Å². The van der Waals surface area contributed by atoms with Gasteiger partial charge in [-0.15, -0.1) is 0 Å². The molecule has 5 heteroatoms. The number of benzene rings is 1. The van der Waals surface area contributed by atoms with Crippen molar-refractivity contribution in [2.24, 2.45) is 16.6 Å². The number of nitrogens with two attached hydrogens (primary N) is 2. The maximum absolute atomic E-state index is 13.9. The first kappa shape index (κ1) is 13.8. The molecule has 1 heterocycles. The van der Waals surface area contributed by atoms with Gasteiger partial charge in [-0.2, -0.15) is 0 Å². The van der Waals surface area contributed by atoms with Crippen molar-refractivity contribution in [3.63, 3.8) is 0 Å². The molecule has 0 fully saturated rings. The molecule has 1 aliphatic rings. The highest BCUT2D eigenvalue weighted by atomic mass is 19.1. The number of aliphatic imine (C=N–C) groups is 1. The molecule has 1 aromatic carbocycles. The van der Waals surface area contributed by atoms with Crippen LogP contribution >= 0.6 is 0 Å². The highest BCUT2D eigenvalue weighted by Gasteiger charge is 2.15. The maximum Gasteiger partial charge on any atom is 0.161 e. The van der Waals surface area contributed by atoms with Crippen LogP contribution < -0.4 is 11.5 Å². The number of amidine groups is 1. The SMILES string of the molecule is Cc1ccc(N)c(F)c1C#CC1=CN=C(N)C(C=N)C1. The number of allylic oxidation sites excluding steroid dienone is 1. The Bertz CT molecular complexity index is 677. The van der Waals surface area contributed by atoms with Crippen molar-refractivity contribution in [1.29, 1.82) is 5.41 Å². The predicted octanol–water partition coefficient (Wildman–Crippen LogP) is 1.98. The van der Waals surface area contributed by atoms with Crippen LogP contribution in [-0.2, 0) is 0 Å². The second-order valence-electron chi connectivity index (χ2n) is 4.60. The number of hydrogen-bond acceptors (Lipinski definition) is 4. The zero-order valence-electron chi connectivity index (χ0n) is 11.1. The van der Waals surface area contributed by atoms with E-state index < -0.39 is 5.82 Å². The second-order valence-corrected chi connectivity index (χ2v) is 4.60. The topological polar surface area (TPSA) is 88.2 Å². The third kappa shape index (κ3) is 2.69. The fraction of sp³-hybridized carbons (Fsp3) is 0.200. The molecule has 0 bridgehead atoms. The molecule has 2 rings (SSSR count). The van der Waals surface area contributed by atoms with Gasteiger partial charge >= 0.3 is 0 Å². The third-order valence-electron chi connectivity index (χ3n) is 3.12. The Kier molecular flexibility index (Phi) is 3.85. The van der Waals surface area contributed by atoms with Crippen LogP contribution in [-0.4, -0.2) is 12.1 Å². The van der Waals surface area contributed by atoms with E-state index in [1.807, 2.05) is 0 Å². The molecule has 0 amide bonds. The lowest BCUT2D eigenvalue weighted by molar-refractivity contribution is 0.628. The van der Waals surface area contributed by atoms with Gasteiger partial charge in [0, 0.05) is 18.0 Å². The Morgan fingerprint density at radius 2 is 2.15 bits per heavy atom. The minimum absolute atomic E-state index is 0.0807. The molecule has 102 valence electrons. The van der Waals surface area contributed by atoms with E-state index in [1.54, 1.807) is 19.2 Å². The molecule has 0 spiro atoms. The first-order valence-electron chi connectivity index (χ1n) is 6.12. The summed E-state index contributed by atoms with van der Waals surface area (Å²) in [5, 5.41) is 7.27. The summed E-state index contributed by atoms with van der Waals surface area (Å²) in [7, 11) is 0. The Morgan fingerprint density at radius 3 is 2.85 bits per heavy atom. The van der Waals surface area contributed by atoms with E-state index in [1.165, 1.54) is 12.3 Å². The molecule has 5 N–H and O–H groups in total. The van der Waals surface area contributed by atoms with E-state index in [0.717, 1.165) is 5.56 Å². The quantitative estimate of drug-likeness (QED) is 0.414. The van der Waals surface area contributed by atoms with Gasteiger partial charge in [0.25, 0.3) is 0 Å². The number of nitrogens with zero attached hydrogens (tertiary/aromatic N) is 1. The zero-order valence-corrected chi connectivity index (χ0v) is 11.1. The molecule has 1 atom stereocenters. The fourth-order valence-electron chi connectivity index (χ4n) is 1.85. The molecule has 0 saturated heterocycles.